The van der Waals surface area contributed by atoms with Gasteiger partial charge in [0.25, 0.3) is 0 Å². The number of rotatable bonds is 3. The fourth-order valence-corrected chi connectivity index (χ4v) is 1.90. The maximum absolute atomic E-state index is 10.9. The van der Waals surface area contributed by atoms with Gasteiger partial charge in [0.1, 0.15) is 0 Å². The minimum Gasteiger partial charge on any atom is -0.478 e. The first-order valence-corrected chi connectivity index (χ1v) is 5.51. The lowest BCUT2D eigenvalue weighted by molar-refractivity contribution is 0.00356. The molecule has 0 saturated carbocycles. The van der Waals surface area contributed by atoms with Gasteiger partial charge in [-0.15, -0.1) is 0 Å². The molecule has 17 heavy (non-hydrogen) atoms. The zero-order chi connectivity index (χ0) is 12.3. The SMILES string of the molecule is O=C(O)c1cccc(N2CCOC(CO)C2)c1. The minimum atomic E-state index is -0.932. The highest BCUT2D eigenvalue weighted by molar-refractivity contribution is 5.88. The molecule has 0 amide bonds. The number of benzene rings is 1. The average molecular weight is 237 g/mol. The lowest BCUT2D eigenvalue weighted by Gasteiger charge is -2.33. The number of carbonyl (C=O) groups is 1. The Kier molecular flexibility index (Phi) is 3.61. The number of carboxylic acid groups (broad SMARTS) is 1. The Hall–Kier alpha value is -1.59. The second-order valence-corrected chi connectivity index (χ2v) is 3.98. The molecule has 1 heterocycles. The summed E-state index contributed by atoms with van der Waals surface area (Å²) in [6.45, 7) is 1.82. The van der Waals surface area contributed by atoms with Crippen molar-refractivity contribution in [3.05, 3.63) is 29.8 Å². The van der Waals surface area contributed by atoms with E-state index < -0.39 is 5.97 Å². The summed E-state index contributed by atoms with van der Waals surface area (Å²) in [6.07, 6.45) is -0.197. The summed E-state index contributed by atoms with van der Waals surface area (Å²) >= 11 is 0. The summed E-state index contributed by atoms with van der Waals surface area (Å²) in [6, 6.07) is 6.80. The Labute approximate surface area is 99.2 Å². The molecule has 2 rings (SSSR count). The van der Waals surface area contributed by atoms with Gasteiger partial charge in [-0.05, 0) is 18.2 Å². The highest BCUT2D eigenvalue weighted by Gasteiger charge is 2.20. The Morgan fingerprint density at radius 2 is 2.35 bits per heavy atom. The summed E-state index contributed by atoms with van der Waals surface area (Å²) in [5.74, 6) is -0.932. The lowest BCUT2D eigenvalue weighted by atomic mass is 10.1. The van der Waals surface area contributed by atoms with Crippen molar-refractivity contribution < 1.29 is 19.7 Å². The Morgan fingerprint density at radius 1 is 1.53 bits per heavy atom. The molecule has 2 N–H and O–H groups in total. The number of aromatic carboxylic acids is 1. The van der Waals surface area contributed by atoms with E-state index in [9.17, 15) is 4.79 Å². The smallest absolute Gasteiger partial charge is 0.335 e. The van der Waals surface area contributed by atoms with Crippen LogP contribution in [0.3, 0.4) is 0 Å². The highest BCUT2D eigenvalue weighted by Crippen LogP contribution is 2.19. The van der Waals surface area contributed by atoms with E-state index in [-0.39, 0.29) is 18.3 Å². The number of hydrogen-bond acceptors (Lipinski definition) is 4. The molecule has 1 aromatic carbocycles. The molecular formula is C12H15NO4. The van der Waals surface area contributed by atoms with Crippen molar-refractivity contribution in [2.75, 3.05) is 31.2 Å². The molecule has 1 saturated heterocycles. The molecule has 1 aliphatic rings. The molecule has 5 nitrogen and oxygen atoms in total. The van der Waals surface area contributed by atoms with Crippen molar-refractivity contribution in [2.45, 2.75) is 6.10 Å². The Morgan fingerprint density at radius 3 is 3.06 bits per heavy atom. The largest absolute Gasteiger partial charge is 0.478 e. The van der Waals surface area contributed by atoms with E-state index in [4.69, 9.17) is 14.9 Å². The van der Waals surface area contributed by atoms with E-state index in [1.54, 1.807) is 18.2 Å². The predicted octanol–water partition coefficient (Wildman–Crippen LogP) is 0.582. The monoisotopic (exact) mass is 237 g/mol. The lowest BCUT2D eigenvalue weighted by Crippen LogP contribution is -2.44. The van der Waals surface area contributed by atoms with Crippen LogP contribution in [0.15, 0.2) is 24.3 Å². The molecule has 1 atom stereocenters. The van der Waals surface area contributed by atoms with Gasteiger partial charge in [0, 0.05) is 18.8 Å². The maximum Gasteiger partial charge on any atom is 0.335 e. The molecule has 1 aromatic rings. The third-order valence-corrected chi connectivity index (χ3v) is 2.80. The minimum absolute atomic E-state index is 0.0187. The normalized spacial score (nSPS) is 20.3. The van der Waals surface area contributed by atoms with Gasteiger partial charge in [-0.2, -0.15) is 0 Å². The highest BCUT2D eigenvalue weighted by atomic mass is 16.5. The fraction of sp³-hybridized carbons (Fsp3) is 0.417. The van der Waals surface area contributed by atoms with E-state index >= 15 is 0 Å². The molecule has 92 valence electrons. The van der Waals surface area contributed by atoms with E-state index in [1.807, 2.05) is 11.0 Å². The van der Waals surface area contributed by atoms with Crippen LogP contribution in [-0.2, 0) is 4.74 Å². The summed E-state index contributed by atoms with van der Waals surface area (Å²) in [4.78, 5) is 12.9. The number of carboxylic acids is 1. The number of ether oxygens (including phenoxy) is 1. The summed E-state index contributed by atoms with van der Waals surface area (Å²) in [7, 11) is 0. The molecule has 0 aliphatic carbocycles. The molecule has 0 aromatic heterocycles. The van der Waals surface area contributed by atoms with Crippen LogP contribution in [0.4, 0.5) is 5.69 Å². The molecular weight excluding hydrogens is 222 g/mol. The van der Waals surface area contributed by atoms with Crippen molar-refractivity contribution in [1.29, 1.82) is 0 Å². The number of aliphatic hydroxyl groups is 1. The van der Waals surface area contributed by atoms with E-state index in [2.05, 4.69) is 0 Å². The van der Waals surface area contributed by atoms with Crippen molar-refractivity contribution in [3.8, 4) is 0 Å². The first kappa shape index (κ1) is 11.9. The maximum atomic E-state index is 10.9. The molecule has 5 heteroatoms. The molecule has 0 radical (unpaired) electrons. The molecule has 0 bridgehead atoms. The third-order valence-electron chi connectivity index (χ3n) is 2.80. The number of morpholine rings is 1. The molecule has 0 spiro atoms. The van der Waals surface area contributed by atoms with Gasteiger partial charge < -0.3 is 19.8 Å². The van der Waals surface area contributed by atoms with Crippen molar-refractivity contribution >= 4 is 11.7 Å². The zero-order valence-electron chi connectivity index (χ0n) is 9.37. The second kappa shape index (κ2) is 5.16. The Bertz CT molecular complexity index is 407. The fourth-order valence-electron chi connectivity index (χ4n) is 1.90. The van der Waals surface area contributed by atoms with Crippen molar-refractivity contribution in [1.82, 2.24) is 0 Å². The molecule has 1 aliphatic heterocycles. The predicted molar refractivity (Wildman–Crippen MR) is 62.4 cm³/mol. The van der Waals surface area contributed by atoms with Crippen LogP contribution >= 0.6 is 0 Å². The summed E-state index contributed by atoms with van der Waals surface area (Å²) < 4.78 is 5.35. The average Bonchev–Trinajstić information content (AvgIpc) is 2.39. The van der Waals surface area contributed by atoms with Crippen molar-refractivity contribution in [2.24, 2.45) is 0 Å². The van der Waals surface area contributed by atoms with Crippen LogP contribution in [0.1, 0.15) is 10.4 Å². The van der Waals surface area contributed by atoms with Crippen molar-refractivity contribution in [3.63, 3.8) is 0 Å². The topological polar surface area (TPSA) is 70.0 Å². The molecule has 1 unspecified atom stereocenters. The number of hydrogen-bond donors (Lipinski definition) is 2. The van der Waals surface area contributed by atoms with Gasteiger partial charge in [-0.1, -0.05) is 6.07 Å². The summed E-state index contributed by atoms with van der Waals surface area (Å²) in [5, 5.41) is 18.0. The van der Waals surface area contributed by atoms with Gasteiger partial charge in [0.15, 0.2) is 0 Å². The quantitative estimate of drug-likeness (QED) is 0.804. The van der Waals surface area contributed by atoms with Gasteiger partial charge >= 0.3 is 5.97 Å². The number of nitrogens with zero attached hydrogens (tertiary/aromatic N) is 1. The number of aliphatic hydroxyl groups excluding tert-OH is 1. The van der Waals surface area contributed by atoms with Gasteiger partial charge in [-0.25, -0.2) is 4.79 Å². The van der Waals surface area contributed by atoms with Crippen LogP contribution in [-0.4, -0.2) is 48.6 Å². The van der Waals surface area contributed by atoms with Crippen LogP contribution in [0.25, 0.3) is 0 Å². The van der Waals surface area contributed by atoms with Gasteiger partial charge in [0.2, 0.25) is 0 Å². The van der Waals surface area contributed by atoms with Gasteiger partial charge in [-0.3, -0.25) is 0 Å². The standard InChI is InChI=1S/C12H15NO4/c14-8-11-7-13(4-5-17-11)10-3-1-2-9(6-10)12(15)16/h1-3,6,11,14H,4-5,7-8H2,(H,15,16). The number of anilines is 1. The van der Waals surface area contributed by atoms with E-state index in [1.165, 1.54) is 0 Å². The van der Waals surface area contributed by atoms with Gasteiger partial charge in [0.05, 0.1) is 24.9 Å². The van der Waals surface area contributed by atoms with E-state index in [0.29, 0.717) is 19.7 Å². The third kappa shape index (κ3) is 2.75. The second-order valence-electron chi connectivity index (χ2n) is 3.98. The van der Waals surface area contributed by atoms with Crippen LogP contribution in [0, 0.1) is 0 Å². The first-order valence-electron chi connectivity index (χ1n) is 5.51. The zero-order valence-corrected chi connectivity index (χ0v) is 9.37. The molecule has 1 fully saturated rings. The first-order chi connectivity index (χ1) is 8.20. The Balaban J connectivity index is 2.16. The summed E-state index contributed by atoms with van der Waals surface area (Å²) in [5.41, 5.74) is 1.13. The van der Waals surface area contributed by atoms with Crippen LogP contribution < -0.4 is 4.90 Å². The van der Waals surface area contributed by atoms with E-state index in [0.717, 1.165) is 5.69 Å². The van der Waals surface area contributed by atoms with Crippen LogP contribution in [0.5, 0.6) is 0 Å². The van der Waals surface area contributed by atoms with Crippen LogP contribution in [0.2, 0.25) is 0 Å².